The van der Waals surface area contributed by atoms with Gasteiger partial charge in [-0.15, -0.1) is 12.4 Å². The minimum atomic E-state index is -2.86. The lowest BCUT2D eigenvalue weighted by Crippen LogP contribution is -2.45. The van der Waals surface area contributed by atoms with Crippen molar-refractivity contribution in [3.8, 4) is 0 Å². The summed E-state index contributed by atoms with van der Waals surface area (Å²) in [5.74, 6) is 0.438. The molecule has 2 heterocycles. The number of rotatable bonds is 0. The van der Waals surface area contributed by atoms with Crippen molar-refractivity contribution in [3.05, 3.63) is 0 Å². The zero-order valence-corrected chi connectivity index (χ0v) is 9.57. The molecule has 14 heavy (non-hydrogen) atoms. The molecular formula is C8H16ClNO3S. The highest BCUT2D eigenvalue weighted by Gasteiger charge is 2.45. The fraction of sp³-hybridized carbons (Fsp3) is 1.00. The zero-order valence-electron chi connectivity index (χ0n) is 7.94. The summed E-state index contributed by atoms with van der Waals surface area (Å²) in [6.45, 7) is 0.608. The van der Waals surface area contributed by atoms with E-state index in [-0.39, 0.29) is 30.0 Å². The topological polar surface area (TPSA) is 69.4 Å². The van der Waals surface area contributed by atoms with Gasteiger partial charge in [-0.2, -0.15) is 0 Å². The predicted octanol–water partition coefficient (Wildman–Crippen LogP) is 0.103. The average Bonchev–Trinajstić information content (AvgIpc) is 2.26. The van der Waals surface area contributed by atoms with Crippen LogP contribution in [-0.2, 0) is 14.6 Å². The van der Waals surface area contributed by atoms with Crippen LogP contribution in [0.4, 0.5) is 0 Å². The van der Waals surface area contributed by atoms with Crippen molar-refractivity contribution in [3.63, 3.8) is 0 Å². The van der Waals surface area contributed by atoms with Gasteiger partial charge in [-0.3, -0.25) is 0 Å². The maximum atomic E-state index is 11.3. The Morgan fingerprint density at radius 3 is 2.64 bits per heavy atom. The zero-order chi connectivity index (χ0) is 9.53. The summed E-state index contributed by atoms with van der Waals surface area (Å²) in [5.41, 5.74) is 5.37. The molecular weight excluding hydrogens is 226 g/mol. The van der Waals surface area contributed by atoms with Gasteiger partial charge in [0.1, 0.15) is 0 Å². The Bertz CT molecular complexity index is 306. The number of hydrogen-bond donors (Lipinski definition) is 1. The molecule has 2 aliphatic rings. The Hall–Kier alpha value is 0.160. The second kappa shape index (κ2) is 3.96. The first-order valence-electron chi connectivity index (χ1n) is 4.61. The maximum Gasteiger partial charge on any atom is 0.153 e. The molecule has 2 atom stereocenters. The van der Waals surface area contributed by atoms with Gasteiger partial charge in [-0.25, -0.2) is 8.42 Å². The molecule has 84 valence electrons. The summed E-state index contributed by atoms with van der Waals surface area (Å²) in [7, 11) is -2.86. The van der Waals surface area contributed by atoms with Crippen LogP contribution in [0.5, 0.6) is 0 Å². The highest BCUT2D eigenvalue weighted by atomic mass is 35.5. The van der Waals surface area contributed by atoms with E-state index in [0.29, 0.717) is 19.4 Å². The van der Waals surface area contributed by atoms with Crippen LogP contribution in [0.3, 0.4) is 0 Å². The van der Waals surface area contributed by atoms with Crippen LogP contribution in [0.25, 0.3) is 0 Å². The van der Waals surface area contributed by atoms with Gasteiger partial charge in [-0.1, -0.05) is 0 Å². The molecule has 0 aliphatic carbocycles. The molecule has 1 spiro atoms. The van der Waals surface area contributed by atoms with E-state index in [0.717, 1.165) is 6.42 Å². The fourth-order valence-electron chi connectivity index (χ4n) is 2.23. The van der Waals surface area contributed by atoms with Crippen molar-refractivity contribution < 1.29 is 13.2 Å². The summed E-state index contributed by atoms with van der Waals surface area (Å²) in [4.78, 5) is 0. The van der Waals surface area contributed by atoms with Crippen LogP contribution < -0.4 is 5.73 Å². The van der Waals surface area contributed by atoms with Crippen molar-refractivity contribution >= 4 is 22.2 Å². The Morgan fingerprint density at radius 1 is 1.43 bits per heavy atom. The summed E-state index contributed by atoms with van der Waals surface area (Å²) in [6.07, 6.45) is 2.18. The molecule has 2 rings (SSSR count). The third-order valence-corrected chi connectivity index (χ3v) is 4.67. The summed E-state index contributed by atoms with van der Waals surface area (Å²) < 4.78 is 28.2. The van der Waals surface area contributed by atoms with E-state index in [1.165, 1.54) is 0 Å². The molecule has 0 aromatic rings. The van der Waals surface area contributed by atoms with Gasteiger partial charge < -0.3 is 10.5 Å². The summed E-state index contributed by atoms with van der Waals surface area (Å²) in [6, 6.07) is 0.113. The highest BCUT2D eigenvalue weighted by molar-refractivity contribution is 7.91. The molecule has 4 nitrogen and oxygen atoms in total. The largest absolute Gasteiger partial charge is 0.374 e. The molecule has 0 aromatic carbocycles. The molecule has 2 saturated heterocycles. The van der Waals surface area contributed by atoms with Crippen molar-refractivity contribution in [2.45, 2.75) is 30.9 Å². The number of ether oxygens (including phenoxy) is 1. The Balaban J connectivity index is 0.000000980. The number of hydrogen-bond acceptors (Lipinski definition) is 4. The van der Waals surface area contributed by atoms with E-state index in [1.807, 2.05) is 0 Å². The summed E-state index contributed by atoms with van der Waals surface area (Å²) >= 11 is 0. The van der Waals surface area contributed by atoms with Gasteiger partial charge in [0.2, 0.25) is 0 Å². The van der Waals surface area contributed by atoms with Crippen LogP contribution in [-0.4, -0.2) is 38.2 Å². The third-order valence-electron chi connectivity index (χ3n) is 2.88. The van der Waals surface area contributed by atoms with E-state index in [4.69, 9.17) is 10.5 Å². The van der Waals surface area contributed by atoms with E-state index < -0.39 is 15.4 Å². The summed E-state index contributed by atoms with van der Waals surface area (Å²) in [5, 5.41) is 0. The van der Waals surface area contributed by atoms with Crippen LogP contribution in [0.2, 0.25) is 0 Å². The Kier molecular flexibility index (Phi) is 3.46. The molecule has 6 heteroatoms. The molecule has 0 amide bonds. The minimum absolute atomic E-state index is 0. The van der Waals surface area contributed by atoms with E-state index in [2.05, 4.69) is 0 Å². The monoisotopic (exact) mass is 241 g/mol. The van der Waals surface area contributed by atoms with Crippen molar-refractivity contribution in [1.82, 2.24) is 0 Å². The lowest BCUT2D eigenvalue weighted by molar-refractivity contribution is -0.0656. The first kappa shape index (κ1) is 12.2. The van der Waals surface area contributed by atoms with Crippen LogP contribution >= 0.6 is 12.4 Å². The van der Waals surface area contributed by atoms with Crippen LogP contribution in [0.1, 0.15) is 19.3 Å². The van der Waals surface area contributed by atoms with E-state index in [1.54, 1.807) is 0 Å². The fourth-order valence-corrected chi connectivity index (χ4v) is 4.20. The third kappa shape index (κ3) is 2.39. The predicted molar refractivity (Wildman–Crippen MR) is 56.4 cm³/mol. The smallest absolute Gasteiger partial charge is 0.153 e. The number of halogens is 1. The van der Waals surface area contributed by atoms with Crippen molar-refractivity contribution in [2.24, 2.45) is 5.73 Å². The standard InChI is InChI=1S/C8H15NO3S.ClH/c9-7-1-3-12-8(5-7)2-4-13(10,11)6-8;/h7H,1-6,9H2;1H. The lowest BCUT2D eigenvalue weighted by Gasteiger charge is -2.35. The first-order chi connectivity index (χ1) is 6.02. The Morgan fingerprint density at radius 2 is 2.14 bits per heavy atom. The molecule has 2 aliphatic heterocycles. The quantitative estimate of drug-likeness (QED) is 0.653. The normalized spacial score (nSPS) is 40.8. The highest BCUT2D eigenvalue weighted by Crippen LogP contribution is 2.34. The van der Waals surface area contributed by atoms with Gasteiger partial charge in [0, 0.05) is 12.6 Å². The van der Waals surface area contributed by atoms with Gasteiger partial charge in [0.05, 0.1) is 17.1 Å². The number of nitrogens with two attached hydrogens (primary N) is 1. The van der Waals surface area contributed by atoms with Gasteiger partial charge in [0.15, 0.2) is 9.84 Å². The number of sulfone groups is 1. The van der Waals surface area contributed by atoms with Gasteiger partial charge in [0.25, 0.3) is 0 Å². The van der Waals surface area contributed by atoms with Crippen molar-refractivity contribution in [1.29, 1.82) is 0 Å². The molecule has 2 unspecified atom stereocenters. The molecule has 2 N–H and O–H groups in total. The molecule has 0 bridgehead atoms. The Labute approximate surface area is 90.5 Å². The first-order valence-corrected chi connectivity index (χ1v) is 6.44. The minimum Gasteiger partial charge on any atom is -0.374 e. The van der Waals surface area contributed by atoms with E-state index in [9.17, 15) is 8.42 Å². The lowest BCUT2D eigenvalue weighted by atomic mass is 9.90. The maximum absolute atomic E-state index is 11.3. The van der Waals surface area contributed by atoms with Crippen LogP contribution in [0, 0.1) is 0 Å². The molecule has 0 saturated carbocycles. The molecule has 2 fully saturated rings. The molecule has 0 radical (unpaired) electrons. The van der Waals surface area contributed by atoms with Crippen LogP contribution in [0.15, 0.2) is 0 Å². The second-order valence-electron chi connectivity index (χ2n) is 4.13. The SMILES string of the molecule is Cl.NC1CCOC2(CCS(=O)(=O)C2)C1. The molecule has 0 aromatic heterocycles. The van der Waals surface area contributed by atoms with E-state index >= 15 is 0 Å². The van der Waals surface area contributed by atoms with Gasteiger partial charge >= 0.3 is 0 Å². The average molecular weight is 242 g/mol. The van der Waals surface area contributed by atoms with Crippen molar-refractivity contribution in [2.75, 3.05) is 18.1 Å². The van der Waals surface area contributed by atoms with Gasteiger partial charge in [-0.05, 0) is 19.3 Å². The second-order valence-corrected chi connectivity index (χ2v) is 6.31.